The second kappa shape index (κ2) is 7.29. The van der Waals surface area contributed by atoms with E-state index in [-0.39, 0.29) is 0 Å². The topological polar surface area (TPSA) is 12.4 Å². The van der Waals surface area contributed by atoms with E-state index < -0.39 is 0 Å². The van der Waals surface area contributed by atoms with E-state index >= 15 is 0 Å². The van der Waals surface area contributed by atoms with Gasteiger partial charge in [0.2, 0.25) is 0 Å². The van der Waals surface area contributed by atoms with E-state index in [2.05, 4.69) is 31.3 Å². The highest BCUT2D eigenvalue weighted by atomic mass is 14.6. The molecule has 0 fully saturated rings. The molecule has 0 aliphatic heterocycles. The van der Waals surface area contributed by atoms with Crippen molar-refractivity contribution >= 4 is 6.72 Å². The van der Waals surface area contributed by atoms with Crippen LogP contribution in [0.25, 0.3) is 0 Å². The molecule has 0 N–H and O–H groups in total. The second-order valence-electron chi connectivity index (χ2n) is 2.64. The van der Waals surface area contributed by atoms with Gasteiger partial charge in [-0.1, -0.05) is 30.9 Å². The molecule has 0 heterocycles. The van der Waals surface area contributed by atoms with Crippen molar-refractivity contribution in [2.24, 2.45) is 4.99 Å². The van der Waals surface area contributed by atoms with E-state index in [0.29, 0.717) is 0 Å². The maximum atomic E-state index is 3.74. The molecule has 0 radical (unpaired) electrons. The van der Waals surface area contributed by atoms with E-state index in [9.17, 15) is 0 Å². The Morgan fingerprint density at radius 2 is 2.15 bits per heavy atom. The highest BCUT2D eigenvalue weighted by molar-refractivity contribution is 5.37. The first-order valence-corrected chi connectivity index (χ1v) is 4.33. The summed E-state index contributed by atoms with van der Waals surface area (Å²) in [6, 6.07) is 0. The first kappa shape index (κ1) is 11.6. The monoisotopic (exact) mass is 175 g/mol. The lowest BCUT2D eigenvalue weighted by Crippen LogP contribution is -1.79. The van der Waals surface area contributed by atoms with Crippen LogP contribution < -0.4 is 0 Å². The zero-order chi connectivity index (χ0) is 10.1. The average Bonchev–Trinajstić information content (AvgIpc) is 2.14. The molecule has 0 aliphatic rings. The normalized spacial score (nSPS) is 13.4. The van der Waals surface area contributed by atoms with Crippen LogP contribution in [0.15, 0.2) is 53.2 Å². The van der Waals surface area contributed by atoms with E-state index in [4.69, 9.17) is 0 Å². The third-order valence-corrected chi connectivity index (χ3v) is 1.76. The van der Waals surface area contributed by atoms with Crippen LogP contribution in [0.3, 0.4) is 0 Å². The van der Waals surface area contributed by atoms with Crippen LogP contribution in [-0.4, -0.2) is 6.72 Å². The van der Waals surface area contributed by atoms with Crippen molar-refractivity contribution in [1.29, 1.82) is 0 Å². The van der Waals surface area contributed by atoms with Gasteiger partial charge in [-0.2, -0.15) is 0 Å². The molecule has 70 valence electrons. The van der Waals surface area contributed by atoms with E-state index in [1.807, 2.05) is 25.2 Å². The first-order chi connectivity index (χ1) is 6.26. The highest BCUT2D eigenvalue weighted by Gasteiger charge is 1.90. The molecule has 0 atom stereocenters. The molecule has 0 aromatic heterocycles. The summed E-state index contributed by atoms with van der Waals surface area (Å²) in [5.74, 6) is 0. The van der Waals surface area contributed by atoms with Gasteiger partial charge in [0.25, 0.3) is 0 Å². The van der Waals surface area contributed by atoms with Crippen LogP contribution in [0.4, 0.5) is 0 Å². The van der Waals surface area contributed by atoms with Crippen LogP contribution in [0.1, 0.15) is 20.3 Å². The summed E-state index contributed by atoms with van der Waals surface area (Å²) in [7, 11) is 0. The SMILES string of the molecule is C=CC(=C\C)/C(C)=C/C/C=C/N=C. The van der Waals surface area contributed by atoms with Crippen molar-refractivity contribution in [3.8, 4) is 0 Å². The molecule has 0 rings (SSSR count). The summed E-state index contributed by atoms with van der Waals surface area (Å²) in [6.07, 6.45) is 10.6. The van der Waals surface area contributed by atoms with Gasteiger partial charge in [0, 0.05) is 6.20 Å². The van der Waals surface area contributed by atoms with Crippen molar-refractivity contribution in [3.63, 3.8) is 0 Å². The van der Waals surface area contributed by atoms with Crippen LogP contribution in [-0.2, 0) is 0 Å². The van der Waals surface area contributed by atoms with Crippen molar-refractivity contribution in [3.05, 3.63) is 48.2 Å². The summed E-state index contributed by atoms with van der Waals surface area (Å²) >= 11 is 0. The van der Waals surface area contributed by atoms with E-state index in [0.717, 1.165) is 6.42 Å². The van der Waals surface area contributed by atoms with Crippen LogP contribution in [0.5, 0.6) is 0 Å². The van der Waals surface area contributed by atoms with Gasteiger partial charge in [0.1, 0.15) is 0 Å². The molecule has 1 nitrogen and oxygen atoms in total. The van der Waals surface area contributed by atoms with Gasteiger partial charge in [0.05, 0.1) is 0 Å². The second-order valence-corrected chi connectivity index (χ2v) is 2.64. The molecular weight excluding hydrogens is 158 g/mol. The number of allylic oxidation sites excluding steroid dienone is 6. The maximum Gasteiger partial charge on any atom is 0.0223 e. The molecule has 0 aliphatic carbocycles. The van der Waals surface area contributed by atoms with Gasteiger partial charge in [-0.05, 0) is 38.1 Å². The van der Waals surface area contributed by atoms with E-state index in [1.54, 1.807) is 6.20 Å². The van der Waals surface area contributed by atoms with Gasteiger partial charge in [-0.15, -0.1) is 0 Å². The Kier molecular flexibility index (Phi) is 6.52. The van der Waals surface area contributed by atoms with Gasteiger partial charge in [-0.25, -0.2) is 0 Å². The Bertz CT molecular complexity index is 254. The molecule has 0 aromatic carbocycles. The van der Waals surface area contributed by atoms with Crippen LogP contribution in [0, 0.1) is 0 Å². The predicted octanol–water partition coefficient (Wildman–Crippen LogP) is 3.67. The summed E-state index contributed by atoms with van der Waals surface area (Å²) in [5.41, 5.74) is 2.42. The number of hydrogen-bond donors (Lipinski definition) is 0. The van der Waals surface area contributed by atoms with Gasteiger partial charge in [0.15, 0.2) is 0 Å². The Balaban J connectivity index is 4.23. The molecular formula is C12H17N. The maximum absolute atomic E-state index is 3.74. The van der Waals surface area contributed by atoms with Gasteiger partial charge in [-0.3, -0.25) is 4.99 Å². The third kappa shape index (κ3) is 4.96. The van der Waals surface area contributed by atoms with Crippen LogP contribution >= 0.6 is 0 Å². The zero-order valence-corrected chi connectivity index (χ0v) is 8.46. The molecule has 0 spiro atoms. The van der Waals surface area contributed by atoms with Crippen molar-refractivity contribution in [1.82, 2.24) is 0 Å². The number of hydrogen-bond acceptors (Lipinski definition) is 1. The lowest BCUT2D eigenvalue weighted by molar-refractivity contribution is 1.29. The molecule has 0 amide bonds. The lowest BCUT2D eigenvalue weighted by Gasteiger charge is -1.99. The van der Waals surface area contributed by atoms with Gasteiger partial charge < -0.3 is 0 Å². The minimum absolute atomic E-state index is 0.885. The quantitative estimate of drug-likeness (QED) is 0.446. The molecule has 0 saturated heterocycles. The Morgan fingerprint density at radius 3 is 2.62 bits per heavy atom. The number of aliphatic imine (C=N–C) groups is 1. The molecule has 13 heavy (non-hydrogen) atoms. The minimum atomic E-state index is 0.885. The minimum Gasteiger partial charge on any atom is -0.273 e. The summed E-state index contributed by atoms with van der Waals surface area (Å²) < 4.78 is 0. The predicted molar refractivity (Wildman–Crippen MR) is 61.0 cm³/mol. The number of nitrogens with zero attached hydrogens (tertiary/aromatic N) is 1. The van der Waals surface area contributed by atoms with Crippen molar-refractivity contribution in [2.75, 3.05) is 0 Å². The lowest BCUT2D eigenvalue weighted by atomic mass is 10.1. The summed E-state index contributed by atoms with van der Waals surface area (Å²) in [5, 5.41) is 0. The van der Waals surface area contributed by atoms with E-state index in [1.165, 1.54) is 11.1 Å². The fraction of sp³-hybridized carbons (Fsp3) is 0.250. The third-order valence-electron chi connectivity index (χ3n) is 1.76. The standard InChI is InChI=1S/C12H17N/c1-5-12(6-2)11(3)9-7-8-10-13-4/h5-6,8-10H,1,4,7H2,2-3H3/b10-8+,11-9+,12-6+. The first-order valence-electron chi connectivity index (χ1n) is 4.33. The van der Waals surface area contributed by atoms with Crippen molar-refractivity contribution < 1.29 is 0 Å². The fourth-order valence-corrected chi connectivity index (χ4v) is 1.00. The smallest absolute Gasteiger partial charge is 0.0223 e. The summed E-state index contributed by atoms with van der Waals surface area (Å²) in [6.45, 7) is 11.2. The molecule has 1 heteroatoms. The van der Waals surface area contributed by atoms with Crippen LogP contribution in [0.2, 0.25) is 0 Å². The molecule has 0 aromatic rings. The van der Waals surface area contributed by atoms with Crippen molar-refractivity contribution in [2.45, 2.75) is 20.3 Å². The Labute approximate surface area is 80.9 Å². The molecule has 0 bridgehead atoms. The summed E-state index contributed by atoms with van der Waals surface area (Å²) in [4.78, 5) is 3.62. The molecule has 0 saturated carbocycles. The fourth-order valence-electron chi connectivity index (χ4n) is 1.00. The van der Waals surface area contributed by atoms with Gasteiger partial charge >= 0.3 is 0 Å². The Morgan fingerprint density at radius 1 is 1.46 bits per heavy atom. The number of rotatable bonds is 5. The zero-order valence-electron chi connectivity index (χ0n) is 8.46. The largest absolute Gasteiger partial charge is 0.273 e. The average molecular weight is 175 g/mol. The molecule has 0 unspecified atom stereocenters. The highest BCUT2D eigenvalue weighted by Crippen LogP contribution is 2.10. The Hall–Kier alpha value is -1.37.